The van der Waals surface area contributed by atoms with Crippen LogP contribution in [0.25, 0.3) is 0 Å². The first-order chi connectivity index (χ1) is 8.99. The Morgan fingerprint density at radius 3 is 2.50 bits per heavy atom. The summed E-state index contributed by atoms with van der Waals surface area (Å²) in [4.78, 5) is 13.4. The van der Waals surface area contributed by atoms with Crippen LogP contribution in [0.15, 0.2) is 0 Å². The van der Waals surface area contributed by atoms with Gasteiger partial charge in [-0.1, -0.05) is 0 Å². The summed E-state index contributed by atoms with van der Waals surface area (Å²) in [5, 5.41) is 0. The molecule has 1 aliphatic heterocycles. The van der Waals surface area contributed by atoms with Crippen molar-refractivity contribution in [1.29, 1.82) is 0 Å². The molecule has 1 aliphatic rings. The van der Waals surface area contributed by atoms with Gasteiger partial charge in [0.2, 0.25) is 10.0 Å². The Hall–Kier alpha value is -0.820. The molecule has 0 radical (unpaired) electrons. The fraction of sp³-hybridized carbons (Fsp3) is 0.923. The highest BCUT2D eigenvalue weighted by molar-refractivity contribution is 7.88. The predicted octanol–water partition coefficient (Wildman–Crippen LogP) is 1.52. The van der Waals surface area contributed by atoms with Gasteiger partial charge in [0.25, 0.3) is 0 Å². The Kier molecular flexibility index (Phi) is 5.43. The number of carbonyl (C=O) groups excluding carboxylic acids is 1. The zero-order valence-corrected chi connectivity index (χ0v) is 13.9. The Morgan fingerprint density at radius 1 is 1.40 bits per heavy atom. The summed E-state index contributed by atoms with van der Waals surface area (Å²) in [6.07, 6.45) is 2.63. The molecule has 6 nitrogen and oxygen atoms in total. The Balaban J connectivity index is 2.54. The molecule has 20 heavy (non-hydrogen) atoms. The third-order valence-corrected chi connectivity index (χ3v) is 4.46. The molecule has 0 spiro atoms. The van der Waals surface area contributed by atoms with Gasteiger partial charge in [-0.25, -0.2) is 17.5 Å². The van der Waals surface area contributed by atoms with Gasteiger partial charge in [0, 0.05) is 26.7 Å². The van der Waals surface area contributed by atoms with Crippen molar-refractivity contribution in [2.45, 2.75) is 39.2 Å². The maximum absolute atomic E-state index is 11.9. The van der Waals surface area contributed by atoms with Gasteiger partial charge >= 0.3 is 6.09 Å². The van der Waals surface area contributed by atoms with Crippen molar-refractivity contribution < 1.29 is 17.9 Å². The van der Waals surface area contributed by atoms with Gasteiger partial charge in [0.05, 0.1) is 6.26 Å². The second-order valence-electron chi connectivity index (χ2n) is 6.49. The highest BCUT2D eigenvalue weighted by Gasteiger charge is 2.28. The van der Waals surface area contributed by atoms with Crippen LogP contribution in [0.3, 0.4) is 0 Å². The summed E-state index contributed by atoms with van der Waals surface area (Å²) < 4.78 is 29.9. The minimum absolute atomic E-state index is 0.163. The zero-order valence-electron chi connectivity index (χ0n) is 13.0. The number of sulfonamides is 1. The number of ether oxygens (including phenoxy) is 1. The van der Waals surface area contributed by atoms with E-state index in [1.165, 1.54) is 15.5 Å². The normalized spacial score (nSPS) is 21.6. The molecule has 0 aliphatic carbocycles. The van der Waals surface area contributed by atoms with Crippen molar-refractivity contribution >= 4 is 16.1 Å². The molecule has 0 aromatic rings. The van der Waals surface area contributed by atoms with Crippen LogP contribution >= 0.6 is 0 Å². The number of hydrogen-bond donors (Lipinski definition) is 0. The smallest absolute Gasteiger partial charge is 0.410 e. The second kappa shape index (κ2) is 6.30. The minimum Gasteiger partial charge on any atom is -0.444 e. The lowest BCUT2D eigenvalue weighted by Crippen LogP contribution is -2.44. The van der Waals surface area contributed by atoms with E-state index < -0.39 is 15.6 Å². The van der Waals surface area contributed by atoms with Crippen LogP contribution in [0.5, 0.6) is 0 Å². The number of carbonyl (C=O) groups is 1. The lowest BCUT2D eigenvalue weighted by molar-refractivity contribution is 0.0258. The summed E-state index contributed by atoms with van der Waals surface area (Å²) in [5.41, 5.74) is -0.517. The van der Waals surface area contributed by atoms with Crippen LogP contribution < -0.4 is 0 Å². The molecule has 0 N–H and O–H groups in total. The van der Waals surface area contributed by atoms with Gasteiger partial charge in [0.1, 0.15) is 5.60 Å². The molecular formula is C13H26N2O4S. The lowest BCUT2D eigenvalue weighted by atomic mass is 9.99. The first-order valence-electron chi connectivity index (χ1n) is 6.88. The summed E-state index contributed by atoms with van der Waals surface area (Å²) in [6.45, 7) is 7.04. The zero-order chi connectivity index (χ0) is 15.6. The van der Waals surface area contributed by atoms with Crippen LogP contribution in [0.1, 0.15) is 33.6 Å². The molecule has 1 amide bonds. The molecule has 118 valence electrons. The van der Waals surface area contributed by atoms with Gasteiger partial charge in [0.15, 0.2) is 0 Å². The number of piperidine rings is 1. The Labute approximate surface area is 122 Å². The maximum atomic E-state index is 11.9. The molecule has 0 unspecified atom stereocenters. The molecule has 0 aromatic heterocycles. The third-order valence-electron chi connectivity index (χ3n) is 3.19. The van der Waals surface area contributed by atoms with E-state index >= 15 is 0 Å². The monoisotopic (exact) mass is 306 g/mol. The van der Waals surface area contributed by atoms with E-state index in [0.29, 0.717) is 19.6 Å². The Bertz CT molecular complexity index is 442. The molecule has 0 bridgehead atoms. The maximum Gasteiger partial charge on any atom is 0.410 e. The van der Waals surface area contributed by atoms with Crippen LogP contribution in [0.2, 0.25) is 0 Å². The van der Waals surface area contributed by atoms with Crippen molar-refractivity contribution in [2.24, 2.45) is 5.92 Å². The van der Waals surface area contributed by atoms with E-state index in [4.69, 9.17) is 4.74 Å². The van der Waals surface area contributed by atoms with Gasteiger partial charge in [-0.05, 0) is 39.5 Å². The average molecular weight is 306 g/mol. The molecule has 0 saturated carbocycles. The molecule has 1 atom stereocenters. The summed E-state index contributed by atoms with van der Waals surface area (Å²) in [5.74, 6) is 0.163. The number of amides is 1. The SMILES string of the molecule is CN(C[C@@H]1CCCN(S(C)(=O)=O)C1)C(=O)OC(C)(C)C. The predicted molar refractivity (Wildman–Crippen MR) is 78.0 cm³/mol. The summed E-state index contributed by atoms with van der Waals surface area (Å²) >= 11 is 0. The fourth-order valence-electron chi connectivity index (χ4n) is 2.28. The van der Waals surface area contributed by atoms with Crippen molar-refractivity contribution in [2.75, 3.05) is 32.9 Å². The molecule has 1 rings (SSSR count). The van der Waals surface area contributed by atoms with Gasteiger partial charge < -0.3 is 9.64 Å². The summed E-state index contributed by atoms with van der Waals surface area (Å²) in [6, 6.07) is 0. The van der Waals surface area contributed by atoms with E-state index in [1.807, 2.05) is 20.8 Å². The van der Waals surface area contributed by atoms with Gasteiger partial charge in [-0.15, -0.1) is 0 Å². The average Bonchev–Trinajstić information content (AvgIpc) is 2.25. The first kappa shape index (κ1) is 17.2. The highest BCUT2D eigenvalue weighted by Crippen LogP contribution is 2.20. The first-order valence-corrected chi connectivity index (χ1v) is 8.73. The van der Waals surface area contributed by atoms with Crippen LogP contribution in [-0.4, -0.2) is 62.3 Å². The van der Waals surface area contributed by atoms with Crippen molar-refractivity contribution in [1.82, 2.24) is 9.21 Å². The lowest BCUT2D eigenvalue weighted by Gasteiger charge is -2.33. The quantitative estimate of drug-likeness (QED) is 0.793. The van der Waals surface area contributed by atoms with Crippen LogP contribution in [0, 0.1) is 5.92 Å². The van der Waals surface area contributed by atoms with E-state index in [2.05, 4.69) is 0 Å². The molecule has 1 fully saturated rings. The van der Waals surface area contributed by atoms with Crippen molar-refractivity contribution in [3.8, 4) is 0 Å². The van der Waals surface area contributed by atoms with E-state index in [-0.39, 0.29) is 12.0 Å². The van der Waals surface area contributed by atoms with Crippen LogP contribution in [-0.2, 0) is 14.8 Å². The largest absolute Gasteiger partial charge is 0.444 e. The number of rotatable bonds is 3. The standard InChI is InChI=1S/C13H26N2O4S/c1-13(2,3)19-12(16)14(4)9-11-7-6-8-15(10-11)20(5,17)18/h11H,6-10H2,1-5H3/t11-/m0/s1. The summed E-state index contributed by atoms with van der Waals surface area (Å²) in [7, 11) is -1.46. The third kappa shape index (κ3) is 5.66. The van der Waals surface area contributed by atoms with Gasteiger partial charge in [-0.2, -0.15) is 0 Å². The topological polar surface area (TPSA) is 66.9 Å². The van der Waals surface area contributed by atoms with E-state index in [1.54, 1.807) is 7.05 Å². The van der Waals surface area contributed by atoms with Gasteiger partial charge in [-0.3, -0.25) is 0 Å². The van der Waals surface area contributed by atoms with E-state index in [0.717, 1.165) is 12.8 Å². The minimum atomic E-state index is -3.15. The molecule has 0 aromatic carbocycles. The van der Waals surface area contributed by atoms with Crippen molar-refractivity contribution in [3.05, 3.63) is 0 Å². The van der Waals surface area contributed by atoms with Crippen molar-refractivity contribution in [3.63, 3.8) is 0 Å². The van der Waals surface area contributed by atoms with Crippen LogP contribution in [0.4, 0.5) is 4.79 Å². The fourth-order valence-corrected chi connectivity index (χ4v) is 3.22. The molecule has 1 saturated heterocycles. The Morgan fingerprint density at radius 2 is 2.00 bits per heavy atom. The number of hydrogen-bond acceptors (Lipinski definition) is 4. The molecule has 1 heterocycles. The highest BCUT2D eigenvalue weighted by atomic mass is 32.2. The second-order valence-corrected chi connectivity index (χ2v) is 8.47. The van der Waals surface area contributed by atoms with E-state index in [9.17, 15) is 13.2 Å². The molecular weight excluding hydrogens is 280 g/mol. The number of nitrogens with zero attached hydrogens (tertiary/aromatic N) is 2. The molecule has 7 heteroatoms.